The molecule has 3 nitrogen and oxygen atoms in total. The van der Waals surface area contributed by atoms with Gasteiger partial charge in [0.2, 0.25) is 0 Å². The lowest BCUT2D eigenvalue weighted by Gasteiger charge is -2.09. The van der Waals surface area contributed by atoms with Gasteiger partial charge in [-0.25, -0.2) is 0 Å². The van der Waals surface area contributed by atoms with Crippen LogP contribution in [0, 0.1) is 0 Å². The SMILES string of the molecule is COC1=CC2=CN=N[C@H]2C=C1. The molecule has 0 N–H and O–H groups in total. The smallest absolute Gasteiger partial charge is 0.119 e. The monoisotopic (exact) mass is 148 g/mol. The van der Waals surface area contributed by atoms with E-state index in [1.54, 1.807) is 13.3 Å². The zero-order valence-electron chi connectivity index (χ0n) is 6.19. The molecular weight excluding hydrogens is 140 g/mol. The average molecular weight is 148 g/mol. The third-order valence-corrected chi connectivity index (χ3v) is 1.73. The van der Waals surface area contributed by atoms with E-state index in [1.165, 1.54) is 0 Å². The second-order valence-electron chi connectivity index (χ2n) is 2.41. The fraction of sp³-hybridized carbons (Fsp3) is 0.250. The first-order valence-corrected chi connectivity index (χ1v) is 3.44. The van der Waals surface area contributed by atoms with Crippen LogP contribution in [0.5, 0.6) is 0 Å². The zero-order chi connectivity index (χ0) is 7.68. The summed E-state index contributed by atoms with van der Waals surface area (Å²) < 4.78 is 5.05. The summed E-state index contributed by atoms with van der Waals surface area (Å²) in [6.45, 7) is 0. The Kier molecular flexibility index (Phi) is 1.35. The summed E-state index contributed by atoms with van der Waals surface area (Å²) in [4.78, 5) is 0. The second kappa shape index (κ2) is 2.34. The molecule has 1 aliphatic heterocycles. The molecule has 0 radical (unpaired) electrons. The number of nitrogens with zero attached hydrogens (tertiary/aromatic N) is 2. The Labute approximate surface area is 64.8 Å². The van der Waals surface area contributed by atoms with Crippen molar-refractivity contribution >= 4 is 0 Å². The van der Waals surface area contributed by atoms with Crippen molar-refractivity contribution < 1.29 is 4.74 Å². The number of allylic oxidation sites excluding steroid dienone is 1. The number of fused-ring (bicyclic) bond motifs is 1. The molecule has 0 aromatic heterocycles. The van der Waals surface area contributed by atoms with Gasteiger partial charge >= 0.3 is 0 Å². The Morgan fingerprint density at radius 1 is 1.55 bits per heavy atom. The molecule has 1 heterocycles. The third kappa shape index (κ3) is 0.981. The number of hydrogen-bond acceptors (Lipinski definition) is 3. The van der Waals surface area contributed by atoms with E-state index in [2.05, 4.69) is 10.2 Å². The Bertz CT molecular complexity index is 286. The van der Waals surface area contributed by atoms with Crippen LogP contribution >= 0.6 is 0 Å². The van der Waals surface area contributed by atoms with Crippen molar-refractivity contribution in [3.05, 3.63) is 35.8 Å². The molecule has 0 amide bonds. The van der Waals surface area contributed by atoms with Gasteiger partial charge in [0.15, 0.2) is 0 Å². The lowest BCUT2D eigenvalue weighted by Crippen LogP contribution is -2.04. The van der Waals surface area contributed by atoms with Crippen molar-refractivity contribution in [3.63, 3.8) is 0 Å². The highest BCUT2D eigenvalue weighted by Crippen LogP contribution is 2.23. The van der Waals surface area contributed by atoms with Gasteiger partial charge in [-0.1, -0.05) is 6.08 Å². The highest BCUT2D eigenvalue weighted by molar-refractivity contribution is 5.40. The van der Waals surface area contributed by atoms with Gasteiger partial charge in [0.25, 0.3) is 0 Å². The highest BCUT2D eigenvalue weighted by Gasteiger charge is 2.16. The molecule has 2 aliphatic rings. The maximum atomic E-state index is 5.05. The van der Waals surface area contributed by atoms with E-state index < -0.39 is 0 Å². The molecule has 1 atom stereocenters. The van der Waals surface area contributed by atoms with Gasteiger partial charge in [-0.15, -0.1) is 0 Å². The van der Waals surface area contributed by atoms with Crippen molar-refractivity contribution in [1.82, 2.24) is 0 Å². The van der Waals surface area contributed by atoms with Crippen LogP contribution in [0.25, 0.3) is 0 Å². The van der Waals surface area contributed by atoms with Gasteiger partial charge in [0, 0.05) is 5.57 Å². The van der Waals surface area contributed by atoms with Crippen molar-refractivity contribution in [2.75, 3.05) is 7.11 Å². The van der Waals surface area contributed by atoms with Crippen LogP contribution in [0.2, 0.25) is 0 Å². The largest absolute Gasteiger partial charge is 0.497 e. The normalized spacial score (nSPS) is 26.1. The molecule has 2 rings (SSSR count). The summed E-state index contributed by atoms with van der Waals surface area (Å²) in [6, 6.07) is 0.133. The van der Waals surface area contributed by atoms with Crippen LogP contribution in [0.3, 0.4) is 0 Å². The summed E-state index contributed by atoms with van der Waals surface area (Å²) in [7, 11) is 1.65. The van der Waals surface area contributed by atoms with Gasteiger partial charge in [-0.05, 0) is 12.2 Å². The first-order valence-electron chi connectivity index (χ1n) is 3.44. The number of ether oxygens (including phenoxy) is 1. The number of methoxy groups -OCH3 is 1. The van der Waals surface area contributed by atoms with Gasteiger partial charge in [-0.2, -0.15) is 10.2 Å². The molecule has 0 unspecified atom stereocenters. The van der Waals surface area contributed by atoms with Gasteiger partial charge < -0.3 is 4.74 Å². The summed E-state index contributed by atoms with van der Waals surface area (Å²) >= 11 is 0. The third-order valence-electron chi connectivity index (χ3n) is 1.73. The first kappa shape index (κ1) is 6.34. The highest BCUT2D eigenvalue weighted by atomic mass is 16.5. The predicted molar refractivity (Wildman–Crippen MR) is 41.0 cm³/mol. The standard InChI is InChI=1S/C8H8N2O/c1-11-7-2-3-8-6(4-7)5-9-10-8/h2-5,8H,1H3/t8-/m0/s1. The molecule has 56 valence electrons. The summed E-state index contributed by atoms with van der Waals surface area (Å²) in [6.07, 6.45) is 7.59. The van der Waals surface area contributed by atoms with Gasteiger partial charge in [0.1, 0.15) is 11.8 Å². The average Bonchev–Trinajstić information content (AvgIpc) is 2.50. The molecule has 3 heteroatoms. The minimum Gasteiger partial charge on any atom is -0.497 e. The molecule has 0 aromatic rings. The van der Waals surface area contributed by atoms with Crippen LogP contribution in [0.4, 0.5) is 0 Å². The molecule has 0 aromatic carbocycles. The maximum absolute atomic E-state index is 5.05. The number of azo groups is 1. The molecule has 0 fully saturated rings. The van der Waals surface area contributed by atoms with E-state index in [0.717, 1.165) is 11.3 Å². The fourth-order valence-corrected chi connectivity index (χ4v) is 1.11. The van der Waals surface area contributed by atoms with Crippen molar-refractivity contribution in [2.24, 2.45) is 10.2 Å². The van der Waals surface area contributed by atoms with Gasteiger partial charge in [-0.3, -0.25) is 0 Å². The van der Waals surface area contributed by atoms with Crippen LogP contribution in [0.15, 0.2) is 46.0 Å². The Morgan fingerprint density at radius 2 is 2.45 bits per heavy atom. The predicted octanol–water partition coefficient (Wildman–Crippen LogP) is 1.80. The van der Waals surface area contributed by atoms with E-state index in [-0.39, 0.29) is 6.04 Å². The topological polar surface area (TPSA) is 34.0 Å². The molecule has 0 spiro atoms. The second-order valence-corrected chi connectivity index (χ2v) is 2.41. The van der Waals surface area contributed by atoms with E-state index >= 15 is 0 Å². The zero-order valence-corrected chi connectivity index (χ0v) is 6.19. The van der Waals surface area contributed by atoms with Gasteiger partial charge in [0.05, 0.1) is 13.3 Å². The summed E-state index contributed by atoms with van der Waals surface area (Å²) in [5, 5.41) is 7.78. The van der Waals surface area contributed by atoms with E-state index in [4.69, 9.17) is 4.74 Å². The number of hydrogen-bond donors (Lipinski definition) is 0. The van der Waals surface area contributed by atoms with E-state index in [0.29, 0.717) is 0 Å². The minimum atomic E-state index is 0.133. The van der Waals surface area contributed by atoms with Crippen molar-refractivity contribution in [2.45, 2.75) is 6.04 Å². The first-order chi connectivity index (χ1) is 5.40. The summed E-state index contributed by atoms with van der Waals surface area (Å²) in [5.74, 6) is 0.861. The molecule has 0 saturated heterocycles. The van der Waals surface area contributed by atoms with Crippen LogP contribution in [-0.2, 0) is 4.74 Å². The maximum Gasteiger partial charge on any atom is 0.119 e. The van der Waals surface area contributed by atoms with E-state index in [1.807, 2.05) is 18.2 Å². The molecule has 0 saturated carbocycles. The number of rotatable bonds is 1. The Morgan fingerprint density at radius 3 is 3.27 bits per heavy atom. The molecular formula is C8H8N2O. The fourth-order valence-electron chi connectivity index (χ4n) is 1.11. The lowest BCUT2D eigenvalue weighted by molar-refractivity contribution is 0.305. The quantitative estimate of drug-likeness (QED) is 0.558. The van der Waals surface area contributed by atoms with Crippen LogP contribution < -0.4 is 0 Å². The van der Waals surface area contributed by atoms with Crippen LogP contribution in [0.1, 0.15) is 0 Å². The Hall–Kier alpha value is -1.38. The van der Waals surface area contributed by atoms with E-state index in [9.17, 15) is 0 Å². The molecule has 1 aliphatic carbocycles. The van der Waals surface area contributed by atoms with Crippen molar-refractivity contribution in [1.29, 1.82) is 0 Å². The molecule has 11 heavy (non-hydrogen) atoms. The lowest BCUT2D eigenvalue weighted by atomic mass is 10.0. The Balaban J connectivity index is 2.29. The van der Waals surface area contributed by atoms with Crippen molar-refractivity contribution in [3.8, 4) is 0 Å². The minimum absolute atomic E-state index is 0.133. The van der Waals surface area contributed by atoms with Crippen LogP contribution in [-0.4, -0.2) is 13.2 Å². The summed E-state index contributed by atoms with van der Waals surface area (Å²) in [5.41, 5.74) is 1.10. The molecule has 0 bridgehead atoms.